The van der Waals surface area contributed by atoms with Crippen molar-refractivity contribution in [3.05, 3.63) is 29.3 Å². The quantitative estimate of drug-likeness (QED) is 0.676. The molecule has 4 heteroatoms. The molecule has 2 saturated heterocycles. The number of morpholine rings is 1. The Bertz CT molecular complexity index is 553. The summed E-state index contributed by atoms with van der Waals surface area (Å²) in [6.07, 6.45) is 4.53. The summed E-state index contributed by atoms with van der Waals surface area (Å²) in [6.45, 7) is 16.6. The maximum Gasteiger partial charge on any atom is 0.125 e. The number of likely N-dealkylation sites (tertiary alicyclic amines) is 1. The summed E-state index contributed by atoms with van der Waals surface area (Å²) >= 11 is 0. The van der Waals surface area contributed by atoms with E-state index in [0.717, 1.165) is 44.3 Å². The SMILES string of the molecule is Cc1cccc(C)c1OCCCN1CCC(CN2CC(C)OC(C)C2)CC1. The van der Waals surface area contributed by atoms with E-state index < -0.39 is 0 Å². The molecule has 0 spiro atoms. The predicted molar refractivity (Wildman–Crippen MR) is 112 cm³/mol. The Morgan fingerprint density at radius 1 is 1.00 bits per heavy atom. The second kappa shape index (κ2) is 9.90. The Labute approximate surface area is 165 Å². The van der Waals surface area contributed by atoms with Crippen LogP contribution in [-0.2, 0) is 4.74 Å². The molecule has 3 rings (SSSR count). The standard InChI is InChI=1S/C23H38N2O2/c1-18-7-5-8-19(2)23(18)26-14-6-11-24-12-9-22(10-13-24)17-25-15-20(3)27-21(4)16-25/h5,7-8,20-22H,6,9-17H2,1-4H3. The lowest BCUT2D eigenvalue weighted by molar-refractivity contribution is -0.0731. The van der Waals surface area contributed by atoms with Crippen molar-refractivity contribution in [2.24, 2.45) is 5.92 Å². The van der Waals surface area contributed by atoms with Gasteiger partial charge in [-0.3, -0.25) is 4.90 Å². The highest BCUT2D eigenvalue weighted by atomic mass is 16.5. The van der Waals surface area contributed by atoms with Crippen LogP contribution in [0.5, 0.6) is 5.75 Å². The number of benzene rings is 1. The lowest BCUT2D eigenvalue weighted by Crippen LogP contribution is -2.48. The highest BCUT2D eigenvalue weighted by Crippen LogP contribution is 2.23. The molecular formula is C23H38N2O2. The molecule has 2 atom stereocenters. The molecule has 0 radical (unpaired) electrons. The lowest BCUT2D eigenvalue weighted by Gasteiger charge is -2.39. The van der Waals surface area contributed by atoms with Crippen LogP contribution in [0.2, 0.25) is 0 Å². The summed E-state index contributed by atoms with van der Waals surface area (Å²) in [5.41, 5.74) is 2.48. The van der Waals surface area contributed by atoms with E-state index in [0.29, 0.717) is 12.2 Å². The highest BCUT2D eigenvalue weighted by molar-refractivity contribution is 5.39. The summed E-state index contributed by atoms with van der Waals surface area (Å²) in [7, 11) is 0. The first kappa shape index (κ1) is 20.6. The molecule has 0 saturated carbocycles. The zero-order valence-corrected chi connectivity index (χ0v) is 17.7. The summed E-state index contributed by atoms with van der Waals surface area (Å²) in [5.74, 6) is 1.93. The number of nitrogens with zero attached hydrogens (tertiary/aromatic N) is 2. The van der Waals surface area contributed by atoms with Gasteiger partial charge >= 0.3 is 0 Å². The van der Waals surface area contributed by atoms with Crippen LogP contribution in [-0.4, -0.2) is 67.9 Å². The zero-order valence-electron chi connectivity index (χ0n) is 17.7. The van der Waals surface area contributed by atoms with Gasteiger partial charge in [-0.15, -0.1) is 0 Å². The van der Waals surface area contributed by atoms with Crippen LogP contribution in [0.15, 0.2) is 18.2 Å². The van der Waals surface area contributed by atoms with Crippen LogP contribution in [0.4, 0.5) is 0 Å². The largest absolute Gasteiger partial charge is 0.493 e. The predicted octanol–water partition coefficient (Wildman–Crippen LogP) is 3.89. The first-order chi connectivity index (χ1) is 13.0. The average molecular weight is 375 g/mol. The zero-order chi connectivity index (χ0) is 19.2. The molecule has 0 N–H and O–H groups in total. The van der Waals surface area contributed by atoms with Gasteiger partial charge in [0.15, 0.2) is 0 Å². The van der Waals surface area contributed by atoms with Crippen molar-refractivity contribution in [1.29, 1.82) is 0 Å². The van der Waals surface area contributed by atoms with E-state index >= 15 is 0 Å². The Hall–Kier alpha value is -1.10. The Balaban J connectivity index is 1.32. The molecule has 1 aromatic carbocycles. The first-order valence-corrected chi connectivity index (χ1v) is 10.8. The number of piperidine rings is 1. The molecule has 152 valence electrons. The second-order valence-electron chi connectivity index (χ2n) is 8.68. The van der Waals surface area contributed by atoms with E-state index in [4.69, 9.17) is 9.47 Å². The molecule has 0 aliphatic carbocycles. The molecule has 0 amide bonds. The smallest absolute Gasteiger partial charge is 0.125 e. The van der Waals surface area contributed by atoms with E-state index in [1.807, 2.05) is 0 Å². The summed E-state index contributed by atoms with van der Waals surface area (Å²) < 4.78 is 11.9. The molecule has 2 heterocycles. The lowest BCUT2D eigenvalue weighted by atomic mass is 9.95. The Kier molecular flexibility index (Phi) is 7.57. The molecule has 2 unspecified atom stereocenters. The Morgan fingerprint density at radius 2 is 1.63 bits per heavy atom. The van der Waals surface area contributed by atoms with Crippen LogP contribution < -0.4 is 4.74 Å². The van der Waals surface area contributed by atoms with Crippen molar-refractivity contribution < 1.29 is 9.47 Å². The fraction of sp³-hybridized carbons (Fsp3) is 0.739. The van der Waals surface area contributed by atoms with Gasteiger partial charge in [0.2, 0.25) is 0 Å². The van der Waals surface area contributed by atoms with E-state index in [9.17, 15) is 0 Å². The number of ether oxygens (including phenoxy) is 2. The van der Waals surface area contributed by atoms with Crippen LogP contribution in [0.25, 0.3) is 0 Å². The van der Waals surface area contributed by atoms with Crippen molar-refractivity contribution in [2.45, 2.75) is 59.2 Å². The van der Waals surface area contributed by atoms with Crippen molar-refractivity contribution in [1.82, 2.24) is 9.80 Å². The highest BCUT2D eigenvalue weighted by Gasteiger charge is 2.26. The molecule has 0 aromatic heterocycles. The third-order valence-corrected chi connectivity index (χ3v) is 5.99. The second-order valence-corrected chi connectivity index (χ2v) is 8.68. The van der Waals surface area contributed by atoms with Crippen molar-refractivity contribution >= 4 is 0 Å². The van der Waals surface area contributed by atoms with E-state index in [-0.39, 0.29) is 0 Å². The van der Waals surface area contributed by atoms with Gasteiger partial charge in [-0.1, -0.05) is 18.2 Å². The molecule has 2 aliphatic heterocycles. The molecule has 2 aliphatic rings. The maximum atomic E-state index is 6.06. The van der Waals surface area contributed by atoms with Crippen LogP contribution >= 0.6 is 0 Å². The van der Waals surface area contributed by atoms with Gasteiger partial charge in [-0.05, 0) is 77.1 Å². The topological polar surface area (TPSA) is 24.9 Å². The summed E-state index contributed by atoms with van der Waals surface area (Å²) in [4.78, 5) is 5.24. The van der Waals surface area contributed by atoms with Gasteiger partial charge in [-0.25, -0.2) is 0 Å². The molecule has 2 fully saturated rings. The number of hydrogen-bond acceptors (Lipinski definition) is 4. The number of rotatable bonds is 7. The molecular weight excluding hydrogens is 336 g/mol. The third kappa shape index (κ3) is 6.20. The van der Waals surface area contributed by atoms with Gasteiger partial charge in [-0.2, -0.15) is 0 Å². The maximum absolute atomic E-state index is 6.06. The average Bonchev–Trinajstić information content (AvgIpc) is 2.61. The third-order valence-electron chi connectivity index (χ3n) is 5.99. The minimum Gasteiger partial charge on any atom is -0.493 e. The van der Waals surface area contributed by atoms with Crippen molar-refractivity contribution in [2.75, 3.05) is 45.9 Å². The van der Waals surface area contributed by atoms with Crippen molar-refractivity contribution in [3.63, 3.8) is 0 Å². The molecule has 0 bridgehead atoms. The van der Waals surface area contributed by atoms with Gasteiger partial charge in [0, 0.05) is 26.2 Å². The van der Waals surface area contributed by atoms with Crippen LogP contribution in [0, 0.1) is 19.8 Å². The van der Waals surface area contributed by atoms with Crippen molar-refractivity contribution in [3.8, 4) is 5.75 Å². The van der Waals surface area contributed by atoms with Gasteiger partial charge < -0.3 is 14.4 Å². The van der Waals surface area contributed by atoms with Crippen LogP contribution in [0.1, 0.15) is 44.2 Å². The van der Waals surface area contributed by atoms with Gasteiger partial charge in [0.25, 0.3) is 0 Å². The minimum atomic E-state index is 0.380. The fourth-order valence-electron chi connectivity index (χ4n) is 4.68. The first-order valence-electron chi connectivity index (χ1n) is 10.8. The van der Waals surface area contributed by atoms with E-state index in [2.05, 4.69) is 55.7 Å². The number of aryl methyl sites for hydroxylation is 2. The molecule has 4 nitrogen and oxygen atoms in total. The summed E-state index contributed by atoms with van der Waals surface area (Å²) in [6, 6.07) is 6.35. The van der Waals surface area contributed by atoms with Gasteiger partial charge in [0.05, 0.1) is 18.8 Å². The van der Waals surface area contributed by atoms with E-state index in [1.54, 1.807) is 0 Å². The number of hydrogen-bond donors (Lipinski definition) is 0. The summed E-state index contributed by atoms with van der Waals surface area (Å²) in [5, 5.41) is 0. The Morgan fingerprint density at radius 3 is 2.26 bits per heavy atom. The van der Waals surface area contributed by atoms with E-state index in [1.165, 1.54) is 43.6 Å². The van der Waals surface area contributed by atoms with Crippen LogP contribution in [0.3, 0.4) is 0 Å². The fourth-order valence-corrected chi connectivity index (χ4v) is 4.68. The molecule has 27 heavy (non-hydrogen) atoms. The normalized spacial score (nSPS) is 25.6. The monoisotopic (exact) mass is 374 g/mol. The number of para-hydroxylation sites is 1. The minimum absolute atomic E-state index is 0.380. The van der Waals surface area contributed by atoms with Gasteiger partial charge in [0.1, 0.15) is 5.75 Å². The molecule has 1 aromatic rings.